The van der Waals surface area contributed by atoms with Crippen LogP contribution in [0.4, 0.5) is 5.82 Å². The third-order valence-electron chi connectivity index (χ3n) is 5.59. The molecule has 150 valence electrons. The molecule has 2 N–H and O–H groups in total. The van der Waals surface area contributed by atoms with Crippen molar-refractivity contribution in [2.75, 3.05) is 64.8 Å². The highest BCUT2D eigenvalue weighted by molar-refractivity contribution is 5.80. The third-order valence-corrected chi connectivity index (χ3v) is 5.59. The first kappa shape index (κ1) is 19.9. The van der Waals surface area contributed by atoms with Crippen LogP contribution in [-0.2, 0) is 0 Å². The Labute approximate surface area is 163 Å². The summed E-state index contributed by atoms with van der Waals surface area (Å²) in [7, 11) is 4.41. The lowest BCUT2D eigenvalue weighted by atomic mass is 10.1. The summed E-state index contributed by atoms with van der Waals surface area (Å²) in [5.74, 6) is 2.04. The third kappa shape index (κ3) is 5.81. The topological polar surface area (TPSA) is 59.0 Å². The van der Waals surface area contributed by atoms with E-state index in [1.54, 1.807) is 0 Å². The van der Waals surface area contributed by atoms with Gasteiger partial charge in [0.15, 0.2) is 5.96 Å². The molecule has 0 aromatic carbocycles. The van der Waals surface area contributed by atoms with Gasteiger partial charge in [-0.3, -0.25) is 9.89 Å². The monoisotopic (exact) mass is 373 g/mol. The lowest BCUT2D eigenvalue weighted by Gasteiger charge is -2.37. The number of piperazine rings is 1. The minimum absolute atomic E-state index is 0.467. The summed E-state index contributed by atoms with van der Waals surface area (Å²) in [5.41, 5.74) is 0. The zero-order valence-electron chi connectivity index (χ0n) is 17.1. The second-order valence-corrected chi connectivity index (χ2v) is 7.71. The molecular formula is C20H35N7. The molecule has 2 fully saturated rings. The predicted molar refractivity (Wildman–Crippen MR) is 113 cm³/mol. The summed E-state index contributed by atoms with van der Waals surface area (Å²) >= 11 is 0. The van der Waals surface area contributed by atoms with Crippen LogP contribution in [0.2, 0.25) is 0 Å². The quantitative estimate of drug-likeness (QED) is 0.590. The Kier molecular flexibility index (Phi) is 7.29. The number of anilines is 1. The molecule has 1 aromatic heterocycles. The first-order valence-electron chi connectivity index (χ1n) is 10.3. The van der Waals surface area contributed by atoms with Crippen LogP contribution in [0, 0.1) is 0 Å². The molecule has 0 bridgehead atoms. The Bertz CT molecular complexity index is 583. The summed E-state index contributed by atoms with van der Waals surface area (Å²) < 4.78 is 0. The summed E-state index contributed by atoms with van der Waals surface area (Å²) in [6, 6.07) is 7.08. The van der Waals surface area contributed by atoms with Gasteiger partial charge < -0.3 is 20.4 Å². The Hall–Kier alpha value is -1.86. The van der Waals surface area contributed by atoms with Gasteiger partial charge in [0.25, 0.3) is 0 Å². The molecule has 2 saturated heterocycles. The SMILES string of the molecule is CCNC(=NCC1CN(C)CCN1C)NC1CCN(c2ccccn2)CC1. The molecule has 0 spiro atoms. The molecule has 1 aromatic rings. The molecule has 0 saturated carbocycles. The van der Waals surface area contributed by atoms with Crippen LogP contribution in [0.1, 0.15) is 19.8 Å². The number of hydrogen-bond acceptors (Lipinski definition) is 5. The molecule has 1 atom stereocenters. The van der Waals surface area contributed by atoms with Crippen molar-refractivity contribution < 1.29 is 0 Å². The van der Waals surface area contributed by atoms with Crippen molar-refractivity contribution in [3.05, 3.63) is 24.4 Å². The zero-order chi connectivity index (χ0) is 19.1. The molecule has 3 rings (SSSR count). The van der Waals surface area contributed by atoms with Gasteiger partial charge in [0.05, 0.1) is 6.54 Å². The van der Waals surface area contributed by atoms with Crippen LogP contribution >= 0.6 is 0 Å². The number of pyridine rings is 1. The van der Waals surface area contributed by atoms with E-state index in [9.17, 15) is 0 Å². The number of piperidine rings is 1. The van der Waals surface area contributed by atoms with E-state index in [0.29, 0.717) is 12.1 Å². The van der Waals surface area contributed by atoms with E-state index in [-0.39, 0.29) is 0 Å². The summed E-state index contributed by atoms with van der Waals surface area (Å²) in [6.45, 7) is 9.26. The minimum atomic E-state index is 0.467. The first-order chi connectivity index (χ1) is 13.2. The molecule has 0 radical (unpaired) electrons. The molecule has 0 aliphatic carbocycles. The van der Waals surface area contributed by atoms with Crippen molar-refractivity contribution in [1.29, 1.82) is 0 Å². The van der Waals surface area contributed by atoms with Crippen molar-refractivity contribution >= 4 is 11.8 Å². The van der Waals surface area contributed by atoms with E-state index in [1.165, 1.54) is 0 Å². The molecule has 2 aliphatic heterocycles. The smallest absolute Gasteiger partial charge is 0.191 e. The van der Waals surface area contributed by atoms with Crippen molar-refractivity contribution in [1.82, 2.24) is 25.4 Å². The zero-order valence-corrected chi connectivity index (χ0v) is 17.1. The maximum Gasteiger partial charge on any atom is 0.191 e. The average Bonchev–Trinajstić information content (AvgIpc) is 2.70. The van der Waals surface area contributed by atoms with Gasteiger partial charge in [-0.2, -0.15) is 0 Å². The van der Waals surface area contributed by atoms with Gasteiger partial charge in [-0.05, 0) is 46.0 Å². The van der Waals surface area contributed by atoms with Crippen LogP contribution in [0.15, 0.2) is 29.4 Å². The van der Waals surface area contributed by atoms with Crippen molar-refractivity contribution in [3.8, 4) is 0 Å². The Morgan fingerprint density at radius 3 is 2.70 bits per heavy atom. The molecule has 0 amide bonds. The number of nitrogens with one attached hydrogen (secondary N) is 2. The van der Waals surface area contributed by atoms with Gasteiger partial charge in [-0.25, -0.2) is 4.98 Å². The van der Waals surface area contributed by atoms with E-state index in [0.717, 1.165) is 70.4 Å². The summed E-state index contributed by atoms with van der Waals surface area (Å²) in [6.07, 6.45) is 4.08. The standard InChI is InChI=1S/C20H35N7/c1-4-21-20(23-15-18-16-25(2)13-14-26(18)3)24-17-8-11-27(12-9-17)19-7-5-6-10-22-19/h5-7,10,17-18H,4,8-9,11-16H2,1-3H3,(H2,21,23,24). The van der Waals surface area contributed by atoms with E-state index in [1.807, 2.05) is 12.3 Å². The summed E-state index contributed by atoms with van der Waals surface area (Å²) in [4.78, 5) is 16.6. The lowest BCUT2D eigenvalue weighted by Crippen LogP contribution is -2.52. The van der Waals surface area contributed by atoms with Gasteiger partial charge >= 0.3 is 0 Å². The van der Waals surface area contributed by atoms with E-state index in [2.05, 4.69) is 63.5 Å². The number of likely N-dealkylation sites (N-methyl/N-ethyl adjacent to an activating group) is 2. The molecule has 1 unspecified atom stereocenters. The van der Waals surface area contributed by atoms with Gasteiger partial charge in [0, 0.05) is 57.5 Å². The van der Waals surface area contributed by atoms with E-state index in [4.69, 9.17) is 4.99 Å². The number of aromatic nitrogens is 1. The summed E-state index contributed by atoms with van der Waals surface area (Å²) in [5, 5.41) is 7.07. The van der Waals surface area contributed by atoms with Crippen LogP contribution in [0.5, 0.6) is 0 Å². The van der Waals surface area contributed by atoms with Gasteiger partial charge in [-0.15, -0.1) is 0 Å². The second kappa shape index (κ2) is 9.90. The fourth-order valence-corrected chi connectivity index (χ4v) is 3.80. The molecule has 7 nitrogen and oxygen atoms in total. The average molecular weight is 374 g/mol. The fraction of sp³-hybridized carbons (Fsp3) is 0.700. The van der Waals surface area contributed by atoms with Crippen LogP contribution < -0.4 is 15.5 Å². The van der Waals surface area contributed by atoms with Crippen LogP contribution in [0.3, 0.4) is 0 Å². The molecular weight excluding hydrogens is 338 g/mol. The fourth-order valence-electron chi connectivity index (χ4n) is 3.80. The number of hydrogen-bond donors (Lipinski definition) is 2. The molecule has 2 aliphatic rings. The van der Waals surface area contributed by atoms with E-state index >= 15 is 0 Å². The Balaban J connectivity index is 1.50. The van der Waals surface area contributed by atoms with Crippen molar-refractivity contribution in [2.45, 2.75) is 31.8 Å². The highest BCUT2D eigenvalue weighted by Gasteiger charge is 2.23. The molecule has 3 heterocycles. The molecule has 7 heteroatoms. The van der Waals surface area contributed by atoms with Crippen LogP contribution in [-0.4, -0.2) is 92.7 Å². The second-order valence-electron chi connectivity index (χ2n) is 7.71. The maximum atomic E-state index is 4.89. The van der Waals surface area contributed by atoms with Crippen LogP contribution in [0.25, 0.3) is 0 Å². The lowest BCUT2D eigenvalue weighted by molar-refractivity contribution is 0.119. The maximum absolute atomic E-state index is 4.89. The largest absolute Gasteiger partial charge is 0.357 e. The molecule has 27 heavy (non-hydrogen) atoms. The minimum Gasteiger partial charge on any atom is -0.357 e. The number of nitrogens with zero attached hydrogens (tertiary/aromatic N) is 5. The number of aliphatic imine (C=N–C) groups is 1. The Morgan fingerprint density at radius 1 is 1.19 bits per heavy atom. The highest BCUT2D eigenvalue weighted by atomic mass is 15.3. The number of guanidine groups is 1. The van der Waals surface area contributed by atoms with Gasteiger partial charge in [0.2, 0.25) is 0 Å². The number of rotatable bonds is 5. The highest BCUT2D eigenvalue weighted by Crippen LogP contribution is 2.17. The Morgan fingerprint density at radius 2 is 2.00 bits per heavy atom. The normalized spacial score (nSPS) is 23.4. The van der Waals surface area contributed by atoms with Crippen molar-refractivity contribution in [2.24, 2.45) is 4.99 Å². The first-order valence-corrected chi connectivity index (χ1v) is 10.3. The van der Waals surface area contributed by atoms with Gasteiger partial charge in [0.1, 0.15) is 5.82 Å². The van der Waals surface area contributed by atoms with Crippen molar-refractivity contribution in [3.63, 3.8) is 0 Å². The van der Waals surface area contributed by atoms with E-state index < -0.39 is 0 Å². The predicted octanol–water partition coefficient (Wildman–Crippen LogP) is 0.851. The van der Waals surface area contributed by atoms with Gasteiger partial charge in [-0.1, -0.05) is 6.07 Å².